The first-order valence-electron chi connectivity index (χ1n) is 7.20. The molecule has 0 spiro atoms. The second kappa shape index (κ2) is 5.69. The lowest BCUT2D eigenvalue weighted by atomic mass is 10.3. The Morgan fingerprint density at radius 2 is 2.05 bits per heavy atom. The molecule has 3 rings (SSSR count). The number of amides is 1. The van der Waals surface area contributed by atoms with E-state index in [2.05, 4.69) is 15.0 Å². The molecule has 0 saturated carbocycles. The van der Waals surface area contributed by atoms with Gasteiger partial charge in [-0.15, -0.1) is 0 Å². The average molecular weight is 263 g/mol. The quantitative estimate of drug-likeness (QED) is 0.791. The van der Waals surface area contributed by atoms with Gasteiger partial charge in [-0.05, 0) is 32.4 Å². The monoisotopic (exact) mass is 263 g/mol. The van der Waals surface area contributed by atoms with Gasteiger partial charge in [-0.25, -0.2) is 9.67 Å². The Morgan fingerprint density at radius 3 is 2.68 bits per heavy atom. The van der Waals surface area contributed by atoms with Crippen molar-refractivity contribution in [3.8, 4) is 0 Å². The van der Waals surface area contributed by atoms with Crippen LogP contribution in [-0.4, -0.2) is 56.7 Å². The van der Waals surface area contributed by atoms with Crippen molar-refractivity contribution in [2.24, 2.45) is 0 Å². The second-order valence-corrected chi connectivity index (χ2v) is 5.38. The van der Waals surface area contributed by atoms with Gasteiger partial charge >= 0.3 is 0 Å². The minimum absolute atomic E-state index is 0.0399. The highest BCUT2D eigenvalue weighted by Crippen LogP contribution is 2.24. The molecule has 104 valence electrons. The van der Waals surface area contributed by atoms with E-state index in [9.17, 15) is 4.79 Å². The molecule has 3 heterocycles. The molecule has 1 unspecified atom stereocenters. The van der Waals surface area contributed by atoms with E-state index >= 15 is 0 Å². The Kier molecular flexibility index (Phi) is 3.77. The zero-order chi connectivity index (χ0) is 13.1. The summed E-state index contributed by atoms with van der Waals surface area (Å²) < 4.78 is 1.83. The number of aromatic nitrogens is 3. The summed E-state index contributed by atoms with van der Waals surface area (Å²) in [7, 11) is 0. The molecule has 1 aromatic rings. The lowest BCUT2D eigenvalue weighted by Crippen LogP contribution is -2.36. The number of carbonyl (C=O) groups is 1. The van der Waals surface area contributed by atoms with Crippen molar-refractivity contribution in [3.05, 3.63) is 12.7 Å². The van der Waals surface area contributed by atoms with Gasteiger partial charge in [-0.1, -0.05) is 0 Å². The van der Waals surface area contributed by atoms with Crippen LogP contribution < -0.4 is 0 Å². The summed E-state index contributed by atoms with van der Waals surface area (Å²) in [5.74, 6) is 0.252. The van der Waals surface area contributed by atoms with Crippen LogP contribution in [0.1, 0.15) is 38.3 Å². The summed E-state index contributed by atoms with van der Waals surface area (Å²) in [6, 6.07) is 0. The van der Waals surface area contributed by atoms with E-state index in [0.717, 1.165) is 25.9 Å². The fraction of sp³-hybridized carbons (Fsp3) is 0.769. The van der Waals surface area contributed by atoms with E-state index in [0.29, 0.717) is 6.42 Å². The topological polar surface area (TPSA) is 54.3 Å². The zero-order valence-electron chi connectivity index (χ0n) is 11.2. The Labute approximate surface area is 113 Å². The average Bonchev–Trinajstić information content (AvgIpc) is 3.13. The number of likely N-dealkylation sites (tertiary alicyclic amines) is 2. The highest BCUT2D eigenvalue weighted by Gasteiger charge is 2.29. The number of nitrogens with zero attached hydrogens (tertiary/aromatic N) is 5. The van der Waals surface area contributed by atoms with Gasteiger partial charge in [0.2, 0.25) is 5.91 Å². The van der Waals surface area contributed by atoms with Gasteiger partial charge in [-0.2, -0.15) is 5.10 Å². The van der Waals surface area contributed by atoms with Crippen molar-refractivity contribution in [3.63, 3.8) is 0 Å². The van der Waals surface area contributed by atoms with Gasteiger partial charge in [0, 0.05) is 25.9 Å². The third kappa shape index (κ3) is 2.78. The van der Waals surface area contributed by atoms with E-state index in [-0.39, 0.29) is 12.1 Å². The van der Waals surface area contributed by atoms with Crippen LogP contribution in [0.2, 0.25) is 0 Å². The molecule has 0 bridgehead atoms. The number of hydrogen-bond acceptors (Lipinski definition) is 4. The summed E-state index contributed by atoms with van der Waals surface area (Å²) in [5, 5.41) is 4.23. The first-order valence-corrected chi connectivity index (χ1v) is 7.20. The molecular formula is C13H21N5O. The van der Waals surface area contributed by atoms with Gasteiger partial charge in [0.25, 0.3) is 0 Å². The van der Waals surface area contributed by atoms with Crippen molar-refractivity contribution in [2.45, 2.75) is 38.3 Å². The van der Waals surface area contributed by atoms with Crippen molar-refractivity contribution >= 4 is 5.91 Å². The molecule has 0 N–H and O–H groups in total. The van der Waals surface area contributed by atoms with Gasteiger partial charge in [0.1, 0.15) is 18.8 Å². The summed E-state index contributed by atoms with van der Waals surface area (Å²) in [6.07, 6.45) is 8.49. The maximum Gasteiger partial charge on any atom is 0.224 e. The predicted molar refractivity (Wildman–Crippen MR) is 70.3 cm³/mol. The minimum atomic E-state index is 0.0399. The molecule has 2 aliphatic heterocycles. The van der Waals surface area contributed by atoms with Crippen LogP contribution in [0.25, 0.3) is 0 Å². The molecule has 19 heavy (non-hydrogen) atoms. The van der Waals surface area contributed by atoms with Crippen LogP contribution >= 0.6 is 0 Å². The molecule has 1 atom stereocenters. The fourth-order valence-corrected chi connectivity index (χ4v) is 3.09. The number of carbonyl (C=O) groups excluding carboxylic acids is 1. The van der Waals surface area contributed by atoms with Crippen LogP contribution in [-0.2, 0) is 4.79 Å². The first kappa shape index (κ1) is 12.6. The maximum atomic E-state index is 12.0. The van der Waals surface area contributed by atoms with Crippen LogP contribution in [0.5, 0.6) is 0 Å². The number of hydrogen-bond donors (Lipinski definition) is 0. The highest BCUT2D eigenvalue weighted by atomic mass is 16.2. The van der Waals surface area contributed by atoms with E-state index in [4.69, 9.17) is 0 Å². The molecule has 2 aliphatic rings. The van der Waals surface area contributed by atoms with Crippen LogP contribution in [0, 0.1) is 0 Å². The molecule has 0 radical (unpaired) electrons. The van der Waals surface area contributed by atoms with E-state index < -0.39 is 0 Å². The van der Waals surface area contributed by atoms with Crippen LogP contribution in [0.3, 0.4) is 0 Å². The highest BCUT2D eigenvalue weighted by molar-refractivity contribution is 5.78. The van der Waals surface area contributed by atoms with Crippen molar-refractivity contribution in [2.75, 3.05) is 26.2 Å². The molecule has 0 aliphatic carbocycles. The summed E-state index contributed by atoms with van der Waals surface area (Å²) >= 11 is 0. The Bertz CT molecular complexity index is 413. The molecular weight excluding hydrogens is 242 g/mol. The van der Waals surface area contributed by atoms with Crippen LogP contribution in [0.4, 0.5) is 0 Å². The zero-order valence-corrected chi connectivity index (χ0v) is 11.2. The fourth-order valence-electron chi connectivity index (χ4n) is 3.09. The predicted octanol–water partition coefficient (Wildman–Crippen LogP) is 0.885. The molecule has 2 fully saturated rings. The van der Waals surface area contributed by atoms with Gasteiger partial charge in [0.05, 0.1) is 0 Å². The summed E-state index contributed by atoms with van der Waals surface area (Å²) in [4.78, 5) is 20.4. The van der Waals surface area contributed by atoms with E-state index in [1.54, 1.807) is 12.7 Å². The smallest absolute Gasteiger partial charge is 0.224 e. The minimum Gasteiger partial charge on any atom is -0.320 e. The maximum absolute atomic E-state index is 12.0. The van der Waals surface area contributed by atoms with Crippen LogP contribution in [0.15, 0.2) is 12.7 Å². The van der Waals surface area contributed by atoms with Crippen molar-refractivity contribution < 1.29 is 4.79 Å². The Morgan fingerprint density at radius 1 is 1.21 bits per heavy atom. The van der Waals surface area contributed by atoms with Crippen molar-refractivity contribution in [1.29, 1.82) is 0 Å². The summed E-state index contributed by atoms with van der Waals surface area (Å²) in [6.45, 7) is 4.27. The third-order valence-corrected chi connectivity index (χ3v) is 4.11. The molecule has 0 aromatic carbocycles. The van der Waals surface area contributed by atoms with Gasteiger partial charge < -0.3 is 9.80 Å². The molecule has 1 aromatic heterocycles. The Balaban J connectivity index is 1.67. The first-order chi connectivity index (χ1) is 9.34. The second-order valence-electron chi connectivity index (χ2n) is 5.38. The SMILES string of the molecule is O=C1CCCN1C(CCN1CCCC1)n1cncn1. The standard InChI is InChI=1S/C13H21N5O/c19-13-4-3-8-17(13)12(18-11-14-10-15-18)5-9-16-6-1-2-7-16/h10-12H,1-9H2. The molecule has 6 nitrogen and oxygen atoms in total. The molecule has 6 heteroatoms. The molecule has 1 amide bonds. The molecule has 2 saturated heterocycles. The van der Waals surface area contributed by atoms with Gasteiger partial charge in [0.15, 0.2) is 0 Å². The normalized spacial score (nSPS) is 22.3. The Hall–Kier alpha value is -1.43. The summed E-state index contributed by atoms with van der Waals surface area (Å²) in [5.41, 5.74) is 0. The van der Waals surface area contributed by atoms with Gasteiger partial charge in [-0.3, -0.25) is 4.79 Å². The van der Waals surface area contributed by atoms with Crippen molar-refractivity contribution in [1.82, 2.24) is 24.6 Å². The van der Waals surface area contributed by atoms with E-state index in [1.807, 2.05) is 9.58 Å². The lowest BCUT2D eigenvalue weighted by Gasteiger charge is -2.29. The largest absolute Gasteiger partial charge is 0.320 e. The van der Waals surface area contributed by atoms with E-state index in [1.165, 1.54) is 25.9 Å². The lowest BCUT2D eigenvalue weighted by molar-refractivity contribution is -0.131. The third-order valence-electron chi connectivity index (χ3n) is 4.11. The number of rotatable bonds is 5.